The summed E-state index contributed by atoms with van der Waals surface area (Å²) in [4.78, 5) is 15.9. The van der Waals surface area contributed by atoms with E-state index in [1.165, 1.54) is 6.20 Å². The number of pyridine rings is 1. The Kier molecular flexibility index (Phi) is 3.80. The van der Waals surface area contributed by atoms with Crippen molar-refractivity contribution in [3.63, 3.8) is 0 Å². The molecule has 2 aromatic heterocycles. The van der Waals surface area contributed by atoms with E-state index in [1.807, 2.05) is 30.3 Å². The fraction of sp³-hybridized carbons (Fsp3) is 0.0667. The number of aromatic nitrogens is 1. The van der Waals surface area contributed by atoms with Gasteiger partial charge in [-0.1, -0.05) is 34.7 Å². The molecule has 0 saturated carbocycles. The molecule has 6 nitrogen and oxygen atoms in total. The van der Waals surface area contributed by atoms with Crippen LogP contribution in [0.15, 0.2) is 57.6 Å². The number of carbonyl (C=O) groups is 1. The molecule has 0 spiro atoms. The van der Waals surface area contributed by atoms with Crippen molar-refractivity contribution in [1.29, 1.82) is 0 Å². The highest BCUT2D eigenvalue weighted by molar-refractivity contribution is 7.62. The van der Waals surface area contributed by atoms with Gasteiger partial charge in [-0.3, -0.25) is 9.78 Å². The zero-order chi connectivity index (χ0) is 15.5. The van der Waals surface area contributed by atoms with Gasteiger partial charge in [0.05, 0.1) is 6.20 Å². The number of carbonyl (C=O) groups excluding carboxylic acids is 1. The second-order valence-corrected chi connectivity index (χ2v) is 5.17. The summed E-state index contributed by atoms with van der Waals surface area (Å²) in [6.45, 7) is 0. The molecular formula is C15H10N2O4S. The van der Waals surface area contributed by atoms with Crippen LogP contribution < -0.4 is 0 Å². The molecule has 22 heavy (non-hydrogen) atoms. The number of benzene rings is 1. The van der Waals surface area contributed by atoms with E-state index in [-0.39, 0.29) is 5.76 Å². The van der Waals surface area contributed by atoms with Gasteiger partial charge in [-0.15, -0.1) is 0 Å². The fourth-order valence-electron chi connectivity index (χ4n) is 2.26. The van der Waals surface area contributed by atoms with E-state index in [4.69, 9.17) is 4.42 Å². The molecule has 3 rings (SSSR count). The molecule has 0 unspecified atom stereocenters. The number of nitrogens with zero attached hydrogens (tertiary/aromatic N) is 2. The maximum absolute atomic E-state index is 12.0. The molecule has 0 aliphatic heterocycles. The van der Waals surface area contributed by atoms with Crippen molar-refractivity contribution >= 4 is 27.4 Å². The summed E-state index contributed by atoms with van der Waals surface area (Å²) in [7, 11) is -2.82. The number of hydrogen-bond acceptors (Lipinski definition) is 5. The summed E-state index contributed by atoms with van der Waals surface area (Å²) in [5, 5.41) is 0.717. The summed E-state index contributed by atoms with van der Waals surface area (Å²) in [6, 6.07) is 11.2. The van der Waals surface area contributed by atoms with Crippen LogP contribution in [0, 0.1) is 0 Å². The quantitative estimate of drug-likeness (QED) is 0.741. The maximum atomic E-state index is 12.0. The first-order chi connectivity index (χ1) is 10.6. The van der Waals surface area contributed by atoms with Crippen LogP contribution >= 0.6 is 0 Å². The first kappa shape index (κ1) is 14.2. The average Bonchev–Trinajstić information content (AvgIpc) is 2.87. The lowest BCUT2D eigenvalue weighted by atomic mass is 10.0. The maximum Gasteiger partial charge on any atom is 0.327 e. The van der Waals surface area contributed by atoms with Crippen LogP contribution in [-0.2, 0) is 16.9 Å². The van der Waals surface area contributed by atoms with Gasteiger partial charge >= 0.3 is 16.4 Å². The van der Waals surface area contributed by atoms with Crippen molar-refractivity contribution in [2.45, 2.75) is 6.42 Å². The second-order valence-electron chi connectivity index (χ2n) is 4.56. The van der Waals surface area contributed by atoms with Crippen LogP contribution in [0.2, 0.25) is 0 Å². The molecule has 110 valence electrons. The minimum Gasteiger partial charge on any atom is -0.449 e. The summed E-state index contributed by atoms with van der Waals surface area (Å²) in [6.07, 6.45) is 3.50. The first-order valence-electron chi connectivity index (χ1n) is 6.40. The van der Waals surface area contributed by atoms with Crippen molar-refractivity contribution in [2.24, 2.45) is 4.36 Å². The molecule has 7 heteroatoms. The Hall–Kier alpha value is -2.80. The van der Waals surface area contributed by atoms with Gasteiger partial charge in [0.15, 0.2) is 11.3 Å². The summed E-state index contributed by atoms with van der Waals surface area (Å²) >= 11 is 0. The molecule has 3 aromatic rings. The first-order valence-corrected chi connectivity index (χ1v) is 7.43. The molecule has 0 radical (unpaired) electrons. The Morgan fingerprint density at radius 1 is 1.18 bits per heavy atom. The van der Waals surface area contributed by atoms with Gasteiger partial charge in [0, 0.05) is 23.6 Å². The molecule has 0 N–H and O–H groups in total. The van der Waals surface area contributed by atoms with E-state index >= 15 is 0 Å². The van der Waals surface area contributed by atoms with E-state index in [9.17, 15) is 13.2 Å². The second kappa shape index (κ2) is 5.90. The zero-order valence-corrected chi connectivity index (χ0v) is 12.1. The van der Waals surface area contributed by atoms with Crippen molar-refractivity contribution in [3.05, 3.63) is 65.7 Å². The third-order valence-corrected chi connectivity index (χ3v) is 3.49. The largest absolute Gasteiger partial charge is 0.449 e. The number of rotatable bonds is 3. The van der Waals surface area contributed by atoms with Gasteiger partial charge in [0.25, 0.3) is 0 Å². The Morgan fingerprint density at radius 2 is 1.95 bits per heavy atom. The third-order valence-electron chi connectivity index (χ3n) is 3.17. The SMILES string of the molecule is O=C(N=S(=O)=O)c1oc2cnccc2c1Cc1ccccc1. The number of furan rings is 1. The Balaban J connectivity index is 2.17. The van der Waals surface area contributed by atoms with Crippen molar-refractivity contribution < 1.29 is 17.6 Å². The average molecular weight is 314 g/mol. The molecule has 2 heterocycles. The van der Waals surface area contributed by atoms with Crippen molar-refractivity contribution in [1.82, 2.24) is 4.98 Å². The Labute approximate surface area is 127 Å². The van der Waals surface area contributed by atoms with Gasteiger partial charge in [0.2, 0.25) is 0 Å². The lowest BCUT2D eigenvalue weighted by Gasteiger charge is -2.01. The van der Waals surface area contributed by atoms with E-state index in [0.717, 1.165) is 5.56 Å². The molecule has 1 aromatic carbocycles. The van der Waals surface area contributed by atoms with Crippen LogP contribution in [0.3, 0.4) is 0 Å². The third kappa shape index (κ3) is 2.79. The molecule has 0 bridgehead atoms. The molecule has 0 atom stereocenters. The molecule has 0 aliphatic carbocycles. The topological polar surface area (TPSA) is 89.6 Å². The monoisotopic (exact) mass is 314 g/mol. The molecule has 0 aliphatic rings. The van der Waals surface area contributed by atoms with Crippen LogP contribution in [0.5, 0.6) is 0 Å². The highest BCUT2D eigenvalue weighted by atomic mass is 32.2. The minimum absolute atomic E-state index is 0.0731. The fourth-order valence-corrected chi connectivity index (χ4v) is 2.48. The number of amides is 1. The summed E-state index contributed by atoms with van der Waals surface area (Å²) in [5.41, 5.74) is 1.99. The zero-order valence-electron chi connectivity index (χ0n) is 11.3. The minimum atomic E-state index is -2.82. The lowest BCUT2D eigenvalue weighted by molar-refractivity contribution is 0.0980. The van der Waals surface area contributed by atoms with E-state index in [2.05, 4.69) is 9.35 Å². The standard InChI is InChI=1S/C15H10N2O4S/c18-15(17-22(19)20)14-12(8-10-4-2-1-3-5-10)11-6-7-16-9-13(11)21-14/h1-7,9H,8H2. The predicted octanol–water partition coefficient (Wildman–Crippen LogP) is 2.62. The van der Waals surface area contributed by atoms with Gasteiger partial charge in [-0.05, 0) is 11.6 Å². The van der Waals surface area contributed by atoms with E-state index < -0.39 is 16.4 Å². The van der Waals surface area contributed by atoms with E-state index in [1.54, 1.807) is 12.3 Å². The molecular weight excluding hydrogens is 304 g/mol. The van der Waals surface area contributed by atoms with Gasteiger partial charge in [-0.25, -0.2) is 0 Å². The molecule has 0 fully saturated rings. The summed E-state index contributed by atoms with van der Waals surface area (Å²) in [5.74, 6) is -0.994. The normalized spacial score (nSPS) is 10.5. The van der Waals surface area contributed by atoms with Crippen molar-refractivity contribution in [3.8, 4) is 0 Å². The van der Waals surface area contributed by atoms with Gasteiger partial charge in [0.1, 0.15) is 0 Å². The smallest absolute Gasteiger partial charge is 0.327 e. The van der Waals surface area contributed by atoms with Crippen LogP contribution in [0.25, 0.3) is 11.0 Å². The lowest BCUT2D eigenvalue weighted by Crippen LogP contribution is -1.98. The summed E-state index contributed by atoms with van der Waals surface area (Å²) < 4.78 is 29.7. The van der Waals surface area contributed by atoms with Crippen LogP contribution in [0.1, 0.15) is 21.7 Å². The van der Waals surface area contributed by atoms with Crippen molar-refractivity contribution in [2.75, 3.05) is 0 Å². The Bertz CT molecular complexity index is 967. The van der Waals surface area contributed by atoms with E-state index in [0.29, 0.717) is 23.0 Å². The predicted molar refractivity (Wildman–Crippen MR) is 78.9 cm³/mol. The molecule has 0 saturated heterocycles. The van der Waals surface area contributed by atoms with Crippen LogP contribution in [-0.4, -0.2) is 19.3 Å². The van der Waals surface area contributed by atoms with Gasteiger partial charge < -0.3 is 4.42 Å². The van der Waals surface area contributed by atoms with Gasteiger partial charge in [-0.2, -0.15) is 8.42 Å². The van der Waals surface area contributed by atoms with Crippen LogP contribution in [0.4, 0.5) is 0 Å². The highest BCUT2D eigenvalue weighted by Crippen LogP contribution is 2.28. The number of fused-ring (bicyclic) bond motifs is 1. The Morgan fingerprint density at radius 3 is 2.68 bits per heavy atom. The highest BCUT2D eigenvalue weighted by Gasteiger charge is 2.21. The molecule has 1 amide bonds. The number of hydrogen-bond donors (Lipinski definition) is 0.